The highest BCUT2D eigenvalue weighted by atomic mass is 32.1. The van der Waals surface area contributed by atoms with Crippen LogP contribution in [0.2, 0.25) is 0 Å². The molecule has 0 atom stereocenters. The number of fused-ring (bicyclic) bond motifs is 1. The van der Waals surface area contributed by atoms with E-state index < -0.39 is 5.97 Å². The Hall–Kier alpha value is -1.42. The summed E-state index contributed by atoms with van der Waals surface area (Å²) in [6.07, 6.45) is 1.70. The molecule has 3 nitrogen and oxygen atoms in total. The van der Waals surface area contributed by atoms with Gasteiger partial charge in [0.1, 0.15) is 0 Å². The van der Waals surface area contributed by atoms with Gasteiger partial charge in [-0.05, 0) is 30.5 Å². The van der Waals surface area contributed by atoms with E-state index >= 15 is 0 Å². The van der Waals surface area contributed by atoms with Crippen LogP contribution in [0.3, 0.4) is 0 Å². The molecule has 1 aromatic carbocycles. The average molecular weight is 277 g/mol. The summed E-state index contributed by atoms with van der Waals surface area (Å²) in [6.45, 7) is 6.50. The fourth-order valence-corrected chi connectivity index (χ4v) is 2.90. The molecule has 1 heterocycles. The minimum atomic E-state index is -0.732. The molecule has 0 aliphatic carbocycles. The van der Waals surface area contributed by atoms with Gasteiger partial charge in [0.2, 0.25) is 0 Å². The van der Waals surface area contributed by atoms with Crippen LogP contribution in [0, 0.1) is 0 Å². The lowest BCUT2D eigenvalue weighted by Crippen LogP contribution is -2.09. The highest BCUT2D eigenvalue weighted by Crippen LogP contribution is 2.31. The largest absolute Gasteiger partial charge is 0.481 e. The number of carboxylic acids is 1. The van der Waals surface area contributed by atoms with Gasteiger partial charge in [0.25, 0.3) is 0 Å². The van der Waals surface area contributed by atoms with Crippen LogP contribution >= 0.6 is 11.3 Å². The van der Waals surface area contributed by atoms with Crippen molar-refractivity contribution in [2.45, 2.75) is 45.4 Å². The Morgan fingerprint density at radius 1 is 1.37 bits per heavy atom. The summed E-state index contributed by atoms with van der Waals surface area (Å²) in [6, 6.07) is 6.26. The van der Waals surface area contributed by atoms with Crippen molar-refractivity contribution in [2.75, 3.05) is 0 Å². The molecule has 2 aromatic rings. The van der Waals surface area contributed by atoms with Gasteiger partial charge in [-0.25, -0.2) is 4.98 Å². The Kier molecular flexibility index (Phi) is 3.90. The monoisotopic (exact) mass is 277 g/mol. The van der Waals surface area contributed by atoms with Crippen LogP contribution in [0.4, 0.5) is 0 Å². The molecule has 0 saturated carbocycles. The van der Waals surface area contributed by atoms with Crippen LogP contribution in [0.25, 0.3) is 10.2 Å². The zero-order valence-electron chi connectivity index (χ0n) is 11.6. The lowest BCUT2D eigenvalue weighted by atomic mass is 9.98. The van der Waals surface area contributed by atoms with E-state index in [-0.39, 0.29) is 11.8 Å². The van der Waals surface area contributed by atoms with Gasteiger partial charge in [-0.2, -0.15) is 0 Å². The third-order valence-corrected chi connectivity index (χ3v) is 4.41. The zero-order chi connectivity index (χ0) is 14.0. The molecule has 2 rings (SSSR count). The molecule has 0 radical (unpaired) electrons. The fourth-order valence-electron chi connectivity index (χ4n) is 1.89. The van der Waals surface area contributed by atoms with Crippen molar-refractivity contribution >= 4 is 27.5 Å². The van der Waals surface area contributed by atoms with Crippen LogP contribution in [-0.4, -0.2) is 16.1 Å². The summed E-state index contributed by atoms with van der Waals surface area (Å²) >= 11 is 1.74. The number of rotatable bonds is 4. The van der Waals surface area contributed by atoms with E-state index in [9.17, 15) is 4.79 Å². The van der Waals surface area contributed by atoms with Crippen molar-refractivity contribution in [2.24, 2.45) is 0 Å². The van der Waals surface area contributed by atoms with Crippen molar-refractivity contribution in [3.05, 3.63) is 28.8 Å². The molecule has 1 N–H and O–H groups in total. The highest BCUT2D eigenvalue weighted by molar-refractivity contribution is 7.18. The molecular weight excluding hydrogens is 258 g/mol. The second-order valence-corrected chi connectivity index (χ2v) is 6.85. The predicted octanol–water partition coefficient (Wildman–Crippen LogP) is 4.00. The zero-order valence-corrected chi connectivity index (χ0v) is 12.4. The van der Waals surface area contributed by atoms with Gasteiger partial charge in [-0.15, -0.1) is 11.3 Å². The van der Waals surface area contributed by atoms with Gasteiger partial charge < -0.3 is 5.11 Å². The molecule has 0 spiro atoms. The Labute approximate surface area is 117 Å². The second-order valence-electron chi connectivity index (χ2n) is 5.82. The maximum Gasteiger partial charge on any atom is 0.303 e. The van der Waals surface area contributed by atoms with E-state index in [1.807, 2.05) is 0 Å². The number of aromatic nitrogens is 1. The standard InChI is InChI=1S/C15H19NO2S/c1-15(2,3)14-16-11-9-10(5-4-6-13(17)18)7-8-12(11)19-14/h7-9H,4-6H2,1-3H3,(H,17,18). The number of nitrogens with zero attached hydrogens (tertiary/aromatic N) is 1. The number of aliphatic carboxylic acids is 1. The first kappa shape index (κ1) is 14.0. The SMILES string of the molecule is CC(C)(C)c1nc2cc(CCCC(=O)O)ccc2s1. The van der Waals surface area contributed by atoms with Gasteiger partial charge in [0.05, 0.1) is 15.2 Å². The Morgan fingerprint density at radius 3 is 2.74 bits per heavy atom. The van der Waals surface area contributed by atoms with Gasteiger partial charge in [-0.1, -0.05) is 26.8 Å². The fraction of sp³-hybridized carbons (Fsp3) is 0.467. The lowest BCUT2D eigenvalue weighted by molar-refractivity contribution is -0.137. The summed E-state index contributed by atoms with van der Waals surface area (Å²) in [7, 11) is 0. The molecule has 0 unspecified atom stereocenters. The van der Waals surface area contributed by atoms with E-state index in [1.54, 1.807) is 11.3 Å². The number of hydrogen-bond acceptors (Lipinski definition) is 3. The summed E-state index contributed by atoms with van der Waals surface area (Å²) in [5, 5.41) is 9.79. The third-order valence-electron chi connectivity index (χ3n) is 2.95. The Morgan fingerprint density at radius 2 is 2.11 bits per heavy atom. The van der Waals surface area contributed by atoms with E-state index in [0.29, 0.717) is 6.42 Å². The van der Waals surface area contributed by atoms with E-state index in [0.717, 1.165) is 16.9 Å². The Bertz CT molecular complexity index is 596. The minimum Gasteiger partial charge on any atom is -0.481 e. The first-order chi connectivity index (χ1) is 8.86. The number of carbonyl (C=O) groups is 1. The van der Waals surface area contributed by atoms with Crippen LogP contribution < -0.4 is 0 Å². The first-order valence-corrected chi connectivity index (χ1v) is 7.29. The summed E-state index contributed by atoms with van der Waals surface area (Å²) in [4.78, 5) is 15.2. The maximum atomic E-state index is 10.5. The van der Waals surface area contributed by atoms with E-state index in [1.165, 1.54) is 10.3 Å². The van der Waals surface area contributed by atoms with Crippen LogP contribution in [-0.2, 0) is 16.6 Å². The van der Waals surface area contributed by atoms with Crippen LogP contribution in [0.1, 0.15) is 44.2 Å². The van der Waals surface area contributed by atoms with Crippen molar-refractivity contribution in [1.82, 2.24) is 4.98 Å². The molecule has 0 bridgehead atoms. The van der Waals surface area contributed by atoms with E-state index in [2.05, 4.69) is 39.0 Å². The first-order valence-electron chi connectivity index (χ1n) is 6.48. The van der Waals surface area contributed by atoms with E-state index in [4.69, 9.17) is 10.1 Å². The molecule has 0 saturated heterocycles. The lowest BCUT2D eigenvalue weighted by Gasteiger charge is -2.13. The molecule has 19 heavy (non-hydrogen) atoms. The van der Waals surface area contributed by atoms with Gasteiger partial charge in [-0.3, -0.25) is 4.79 Å². The molecule has 1 aromatic heterocycles. The second kappa shape index (κ2) is 5.29. The molecular formula is C15H19NO2S. The minimum absolute atomic E-state index is 0.0765. The van der Waals surface area contributed by atoms with Gasteiger partial charge >= 0.3 is 5.97 Å². The molecule has 0 aliphatic heterocycles. The van der Waals surface area contributed by atoms with Gasteiger partial charge in [0, 0.05) is 11.8 Å². The smallest absolute Gasteiger partial charge is 0.303 e. The normalized spacial score (nSPS) is 11.9. The van der Waals surface area contributed by atoms with Crippen molar-refractivity contribution < 1.29 is 9.90 Å². The summed E-state index contributed by atoms with van der Waals surface area (Å²) in [5.74, 6) is -0.732. The Balaban J connectivity index is 2.18. The topological polar surface area (TPSA) is 50.2 Å². The van der Waals surface area contributed by atoms with Crippen molar-refractivity contribution in [1.29, 1.82) is 0 Å². The molecule has 0 fully saturated rings. The molecule has 4 heteroatoms. The van der Waals surface area contributed by atoms with Crippen LogP contribution in [0.5, 0.6) is 0 Å². The van der Waals surface area contributed by atoms with Crippen molar-refractivity contribution in [3.8, 4) is 0 Å². The van der Waals surface area contributed by atoms with Crippen LogP contribution in [0.15, 0.2) is 18.2 Å². The average Bonchev–Trinajstić information content (AvgIpc) is 2.71. The third kappa shape index (κ3) is 3.53. The number of benzene rings is 1. The number of hydrogen-bond donors (Lipinski definition) is 1. The number of aryl methyl sites for hydroxylation is 1. The molecule has 0 aliphatic rings. The molecule has 0 amide bonds. The summed E-state index contributed by atoms with van der Waals surface area (Å²) < 4.78 is 1.20. The number of carboxylic acid groups (broad SMARTS) is 1. The molecule has 102 valence electrons. The summed E-state index contributed by atoms with van der Waals surface area (Å²) in [5.41, 5.74) is 2.27. The predicted molar refractivity (Wildman–Crippen MR) is 78.9 cm³/mol. The number of thiazole rings is 1. The quantitative estimate of drug-likeness (QED) is 0.919. The maximum absolute atomic E-state index is 10.5. The van der Waals surface area contributed by atoms with Crippen molar-refractivity contribution in [3.63, 3.8) is 0 Å². The van der Waals surface area contributed by atoms with Gasteiger partial charge in [0.15, 0.2) is 0 Å². The highest BCUT2D eigenvalue weighted by Gasteiger charge is 2.18.